The first-order chi connectivity index (χ1) is 7.95. The third-order valence-corrected chi connectivity index (χ3v) is 2.88. The second-order valence-electron chi connectivity index (χ2n) is 4.55. The summed E-state index contributed by atoms with van der Waals surface area (Å²) in [7, 11) is 0. The van der Waals surface area contributed by atoms with Gasteiger partial charge in [-0.25, -0.2) is 0 Å². The molecule has 3 N–H and O–H groups in total. The molecule has 1 rings (SSSR count). The van der Waals surface area contributed by atoms with Gasteiger partial charge in [-0.05, 0) is 27.2 Å². The van der Waals surface area contributed by atoms with E-state index in [2.05, 4.69) is 10.5 Å². The van der Waals surface area contributed by atoms with Crippen LogP contribution in [0.5, 0.6) is 0 Å². The number of nitrogens with two attached hydrogens (primary N) is 1. The monoisotopic (exact) mass is 239 g/mol. The maximum atomic E-state index is 11.7. The summed E-state index contributed by atoms with van der Waals surface area (Å²) < 4.78 is 5.09. The number of carbonyl (C=O) groups excluding carboxylic acids is 1. The van der Waals surface area contributed by atoms with Gasteiger partial charge in [0.1, 0.15) is 5.76 Å². The van der Waals surface area contributed by atoms with E-state index in [9.17, 15) is 4.79 Å². The fourth-order valence-corrected chi connectivity index (χ4v) is 1.64. The number of aromatic nitrogens is 1. The van der Waals surface area contributed by atoms with E-state index in [4.69, 9.17) is 10.3 Å². The van der Waals surface area contributed by atoms with Gasteiger partial charge in [-0.15, -0.1) is 0 Å². The molecule has 2 atom stereocenters. The number of nitrogens with one attached hydrogen (secondary N) is 1. The molecule has 0 fully saturated rings. The molecule has 17 heavy (non-hydrogen) atoms. The summed E-state index contributed by atoms with van der Waals surface area (Å²) in [6, 6.07) is 0.0494. The summed E-state index contributed by atoms with van der Waals surface area (Å²) >= 11 is 0. The Morgan fingerprint density at radius 1 is 1.47 bits per heavy atom. The lowest BCUT2D eigenvalue weighted by Crippen LogP contribution is -2.39. The van der Waals surface area contributed by atoms with E-state index in [1.54, 1.807) is 0 Å². The van der Waals surface area contributed by atoms with Gasteiger partial charge in [-0.2, -0.15) is 0 Å². The van der Waals surface area contributed by atoms with Crippen molar-refractivity contribution in [2.24, 2.45) is 11.7 Å². The van der Waals surface area contributed by atoms with Crippen LogP contribution in [0.3, 0.4) is 0 Å². The van der Waals surface area contributed by atoms with Crippen molar-refractivity contribution in [3.8, 4) is 0 Å². The van der Waals surface area contributed by atoms with Gasteiger partial charge in [0.05, 0.1) is 5.69 Å². The molecule has 0 saturated heterocycles. The molecule has 0 aliphatic heterocycles. The van der Waals surface area contributed by atoms with Gasteiger partial charge in [-0.1, -0.05) is 12.1 Å². The molecule has 2 unspecified atom stereocenters. The zero-order valence-corrected chi connectivity index (χ0v) is 10.9. The number of hydrogen-bond donors (Lipinski definition) is 2. The van der Waals surface area contributed by atoms with Crippen molar-refractivity contribution in [1.29, 1.82) is 0 Å². The predicted molar refractivity (Wildman–Crippen MR) is 65.5 cm³/mol. The van der Waals surface area contributed by atoms with Gasteiger partial charge in [0.2, 0.25) is 5.91 Å². The van der Waals surface area contributed by atoms with E-state index in [0.717, 1.165) is 23.4 Å². The van der Waals surface area contributed by atoms with Crippen molar-refractivity contribution in [3.63, 3.8) is 0 Å². The topological polar surface area (TPSA) is 81.2 Å². The van der Waals surface area contributed by atoms with E-state index in [1.165, 1.54) is 0 Å². The average Bonchev–Trinajstić information content (AvgIpc) is 2.59. The van der Waals surface area contributed by atoms with E-state index in [-0.39, 0.29) is 17.9 Å². The van der Waals surface area contributed by atoms with Gasteiger partial charge >= 0.3 is 0 Å². The van der Waals surface area contributed by atoms with Crippen molar-refractivity contribution >= 4 is 5.91 Å². The first kappa shape index (κ1) is 13.7. The Kier molecular flexibility index (Phi) is 4.69. The van der Waals surface area contributed by atoms with Crippen LogP contribution in [-0.4, -0.2) is 23.7 Å². The molecule has 1 heterocycles. The Bertz CT molecular complexity index is 368. The van der Waals surface area contributed by atoms with Crippen LogP contribution in [0.4, 0.5) is 0 Å². The van der Waals surface area contributed by atoms with Gasteiger partial charge in [0, 0.05) is 24.1 Å². The SMILES string of the molecule is Cc1noc(C)c1CC(C)NC(=O)C(C)CN. The average molecular weight is 239 g/mol. The molecule has 5 heteroatoms. The Morgan fingerprint density at radius 3 is 2.59 bits per heavy atom. The maximum Gasteiger partial charge on any atom is 0.224 e. The highest BCUT2D eigenvalue weighted by atomic mass is 16.5. The summed E-state index contributed by atoms with van der Waals surface area (Å²) in [6.45, 7) is 7.93. The molecule has 0 aromatic carbocycles. The van der Waals surface area contributed by atoms with Crippen LogP contribution in [0.25, 0.3) is 0 Å². The summed E-state index contributed by atoms with van der Waals surface area (Å²) in [6.07, 6.45) is 0.726. The second-order valence-corrected chi connectivity index (χ2v) is 4.55. The van der Waals surface area contributed by atoms with Crippen molar-refractivity contribution < 1.29 is 9.32 Å². The van der Waals surface area contributed by atoms with Crippen LogP contribution >= 0.6 is 0 Å². The normalized spacial score (nSPS) is 14.4. The molecule has 0 aliphatic rings. The molecule has 0 bridgehead atoms. The molecule has 0 radical (unpaired) electrons. The van der Waals surface area contributed by atoms with Gasteiger partial charge < -0.3 is 15.6 Å². The Morgan fingerprint density at radius 2 is 2.12 bits per heavy atom. The summed E-state index contributed by atoms with van der Waals surface area (Å²) in [4.78, 5) is 11.7. The first-order valence-corrected chi connectivity index (χ1v) is 5.87. The van der Waals surface area contributed by atoms with E-state index >= 15 is 0 Å². The van der Waals surface area contributed by atoms with Crippen LogP contribution in [0.1, 0.15) is 30.9 Å². The number of carbonyl (C=O) groups is 1. The van der Waals surface area contributed by atoms with Crippen molar-refractivity contribution in [2.75, 3.05) is 6.54 Å². The summed E-state index contributed by atoms with van der Waals surface area (Å²) in [5.41, 5.74) is 7.40. The second kappa shape index (κ2) is 5.82. The molecule has 0 aliphatic carbocycles. The van der Waals surface area contributed by atoms with Crippen LogP contribution in [-0.2, 0) is 11.2 Å². The highest BCUT2D eigenvalue weighted by Gasteiger charge is 2.17. The number of hydrogen-bond acceptors (Lipinski definition) is 4. The largest absolute Gasteiger partial charge is 0.361 e. The summed E-state index contributed by atoms with van der Waals surface area (Å²) in [5.74, 6) is 0.657. The quantitative estimate of drug-likeness (QED) is 0.801. The fraction of sp³-hybridized carbons (Fsp3) is 0.667. The van der Waals surface area contributed by atoms with Crippen molar-refractivity contribution in [3.05, 3.63) is 17.0 Å². The molecule has 1 amide bonds. The minimum Gasteiger partial charge on any atom is -0.361 e. The minimum atomic E-state index is -0.151. The molecule has 1 aromatic rings. The number of aryl methyl sites for hydroxylation is 2. The molecule has 0 spiro atoms. The van der Waals surface area contributed by atoms with Crippen LogP contribution in [0, 0.1) is 19.8 Å². The van der Waals surface area contributed by atoms with E-state index < -0.39 is 0 Å². The standard InChI is InChI=1S/C12H21N3O2/c1-7(6-13)12(16)14-8(2)5-11-9(3)15-17-10(11)4/h7-8H,5-6,13H2,1-4H3,(H,14,16). The number of amides is 1. The molecule has 1 aromatic heterocycles. The Balaban J connectivity index is 2.56. The van der Waals surface area contributed by atoms with Crippen molar-refractivity contribution in [1.82, 2.24) is 10.5 Å². The van der Waals surface area contributed by atoms with E-state index in [1.807, 2.05) is 27.7 Å². The number of rotatable bonds is 5. The van der Waals surface area contributed by atoms with Gasteiger partial charge in [0.25, 0.3) is 0 Å². The number of nitrogens with zero attached hydrogens (tertiary/aromatic N) is 1. The Labute approximate surface area is 102 Å². The zero-order valence-electron chi connectivity index (χ0n) is 10.9. The van der Waals surface area contributed by atoms with E-state index in [0.29, 0.717) is 6.54 Å². The molecule has 0 saturated carbocycles. The summed E-state index contributed by atoms with van der Waals surface area (Å²) in [5, 5.41) is 6.83. The van der Waals surface area contributed by atoms with Gasteiger partial charge in [0.15, 0.2) is 0 Å². The zero-order chi connectivity index (χ0) is 13.0. The smallest absolute Gasteiger partial charge is 0.224 e. The highest BCUT2D eigenvalue weighted by molar-refractivity contribution is 5.78. The van der Waals surface area contributed by atoms with Crippen LogP contribution in [0.15, 0.2) is 4.52 Å². The highest BCUT2D eigenvalue weighted by Crippen LogP contribution is 2.14. The first-order valence-electron chi connectivity index (χ1n) is 5.87. The predicted octanol–water partition coefficient (Wildman–Crippen LogP) is 0.933. The van der Waals surface area contributed by atoms with Crippen molar-refractivity contribution in [2.45, 2.75) is 40.2 Å². The minimum absolute atomic E-state index is 0.00763. The molecular formula is C12H21N3O2. The van der Waals surface area contributed by atoms with Gasteiger partial charge in [-0.3, -0.25) is 4.79 Å². The Hall–Kier alpha value is -1.36. The maximum absolute atomic E-state index is 11.7. The third-order valence-electron chi connectivity index (χ3n) is 2.88. The lowest BCUT2D eigenvalue weighted by Gasteiger charge is -2.16. The molecule has 96 valence electrons. The molecule has 5 nitrogen and oxygen atoms in total. The lowest BCUT2D eigenvalue weighted by atomic mass is 10.0. The van der Waals surface area contributed by atoms with Crippen LogP contribution < -0.4 is 11.1 Å². The fourth-order valence-electron chi connectivity index (χ4n) is 1.64. The third kappa shape index (κ3) is 3.56. The lowest BCUT2D eigenvalue weighted by molar-refractivity contribution is -0.124. The molecular weight excluding hydrogens is 218 g/mol. The van der Waals surface area contributed by atoms with Crippen LogP contribution in [0.2, 0.25) is 0 Å².